The Kier molecular flexibility index (Phi) is 6.46. The van der Waals surface area contributed by atoms with Crippen LogP contribution in [0, 0.1) is 6.92 Å². The summed E-state index contributed by atoms with van der Waals surface area (Å²) in [6.07, 6.45) is 1.51. The zero-order valence-electron chi connectivity index (χ0n) is 20.5. The Balaban J connectivity index is 1.58. The quantitative estimate of drug-likeness (QED) is 0.495. The standard InChI is InChI=1S/C27H31NO6/c1-16-11-17(25-20(12-16)27(2,3)9-10-33-25)13-18-7-8-21(34-18)26(29)28-24-22(31-5)14-19(30-4)15-23(24)32-6/h7-8,11-12,14-15H,9-10,13H2,1-6H3,(H,28,29). The highest BCUT2D eigenvalue weighted by Crippen LogP contribution is 2.42. The summed E-state index contributed by atoms with van der Waals surface area (Å²) in [5.41, 5.74) is 3.91. The lowest BCUT2D eigenvalue weighted by atomic mass is 9.78. The Hall–Kier alpha value is -3.61. The lowest BCUT2D eigenvalue weighted by Gasteiger charge is -2.34. The van der Waals surface area contributed by atoms with Crippen LogP contribution < -0.4 is 24.3 Å². The van der Waals surface area contributed by atoms with Gasteiger partial charge in [0.1, 0.15) is 34.4 Å². The predicted octanol–water partition coefficient (Wildman–Crippen LogP) is 5.52. The average molecular weight is 466 g/mol. The number of fused-ring (bicyclic) bond motifs is 1. The SMILES string of the molecule is COc1cc(OC)c(NC(=O)c2ccc(Cc3cc(C)cc4c3OCCC4(C)C)o2)c(OC)c1. The number of furan rings is 1. The smallest absolute Gasteiger partial charge is 0.291 e. The molecule has 2 heterocycles. The molecule has 180 valence electrons. The van der Waals surface area contributed by atoms with Crippen LogP contribution in [0.5, 0.6) is 23.0 Å². The van der Waals surface area contributed by atoms with Gasteiger partial charge in [0.2, 0.25) is 0 Å². The zero-order valence-corrected chi connectivity index (χ0v) is 20.5. The Morgan fingerprint density at radius 1 is 1.03 bits per heavy atom. The summed E-state index contributed by atoms with van der Waals surface area (Å²) in [4.78, 5) is 13.0. The van der Waals surface area contributed by atoms with Crippen molar-refractivity contribution >= 4 is 11.6 Å². The molecule has 1 N–H and O–H groups in total. The van der Waals surface area contributed by atoms with E-state index in [1.54, 1.807) is 25.3 Å². The van der Waals surface area contributed by atoms with Gasteiger partial charge in [-0.2, -0.15) is 0 Å². The Labute approximate surface area is 200 Å². The summed E-state index contributed by atoms with van der Waals surface area (Å²) < 4.78 is 28.1. The van der Waals surface area contributed by atoms with Gasteiger partial charge in [-0.3, -0.25) is 4.79 Å². The summed E-state index contributed by atoms with van der Waals surface area (Å²) >= 11 is 0. The topological polar surface area (TPSA) is 79.2 Å². The van der Waals surface area contributed by atoms with Crippen LogP contribution in [0.1, 0.15) is 53.3 Å². The highest BCUT2D eigenvalue weighted by molar-refractivity contribution is 6.04. The van der Waals surface area contributed by atoms with Gasteiger partial charge in [0.05, 0.1) is 27.9 Å². The molecule has 0 radical (unpaired) electrons. The van der Waals surface area contributed by atoms with Crippen molar-refractivity contribution in [3.05, 3.63) is 64.6 Å². The largest absolute Gasteiger partial charge is 0.496 e. The van der Waals surface area contributed by atoms with Gasteiger partial charge in [-0.25, -0.2) is 0 Å². The van der Waals surface area contributed by atoms with Gasteiger partial charge in [-0.05, 0) is 30.9 Å². The van der Waals surface area contributed by atoms with Crippen LogP contribution in [0.15, 0.2) is 40.8 Å². The number of methoxy groups -OCH3 is 3. The third-order valence-electron chi connectivity index (χ3n) is 6.22. The van der Waals surface area contributed by atoms with Crippen LogP contribution in [-0.4, -0.2) is 33.8 Å². The molecule has 1 aliphatic rings. The fraction of sp³-hybridized carbons (Fsp3) is 0.370. The van der Waals surface area contributed by atoms with Crippen molar-refractivity contribution in [2.24, 2.45) is 0 Å². The van der Waals surface area contributed by atoms with Crippen molar-refractivity contribution in [3.8, 4) is 23.0 Å². The third-order valence-corrected chi connectivity index (χ3v) is 6.22. The van der Waals surface area contributed by atoms with Gasteiger partial charge in [-0.15, -0.1) is 0 Å². The highest BCUT2D eigenvalue weighted by atomic mass is 16.5. The number of hydrogen-bond acceptors (Lipinski definition) is 6. The fourth-order valence-electron chi connectivity index (χ4n) is 4.28. The van der Waals surface area contributed by atoms with E-state index in [0.717, 1.165) is 17.7 Å². The van der Waals surface area contributed by atoms with Crippen molar-refractivity contribution in [2.45, 2.75) is 39.0 Å². The minimum Gasteiger partial charge on any atom is -0.496 e. The minimum atomic E-state index is -0.406. The maximum absolute atomic E-state index is 13.0. The second kappa shape index (κ2) is 9.33. The Morgan fingerprint density at radius 2 is 1.74 bits per heavy atom. The first-order valence-electron chi connectivity index (χ1n) is 11.2. The van der Waals surface area contributed by atoms with Crippen molar-refractivity contribution in [3.63, 3.8) is 0 Å². The third kappa shape index (κ3) is 4.55. The maximum atomic E-state index is 13.0. The molecule has 0 atom stereocenters. The number of hydrogen-bond donors (Lipinski definition) is 1. The van der Waals surface area contributed by atoms with E-state index in [9.17, 15) is 4.79 Å². The van der Waals surface area contributed by atoms with Crippen molar-refractivity contribution in [2.75, 3.05) is 33.3 Å². The summed E-state index contributed by atoms with van der Waals surface area (Å²) in [5, 5.41) is 2.83. The second-order valence-electron chi connectivity index (χ2n) is 9.09. The summed E-state index contributed by atoms with van der Waals surface area (Å²) in [5.74, 6) is 2.79. The molecule has 1 aromatic heterocycles. The minimum absolute atomic E-state index is 0.0546. The molecule has 34 heavy (non-hydrogen) atoms. The van der Waals surface area contributed by atoms with Gasteiger partial charge in [0.25, 0.3) is 5.91 Å². The summed E-state index contributed by atoms with van der Waals surface area (Å²) in [7, 11) is 4.58. The average Bonchev–Trinajstić information content (AvgIpc) is 3.28. The van der Waals surface area contributed by atoms with E-state index in [0.29, 0.717) is 41.7 Å². The van der Waals surface area contributed by atoms with Crippen LogP contribution in [-0.2, 0) is 11.8 Å². The van der Waals surface area contributed by atoms with E-state index in [1.165, 1.54) is 25.3 Å². The molecule has 0 aliphatic carbocycles. The first kappa shape index (κ1) is 23.5. The molecule has 1 aliphatic heterocycles. The second-order valence-corrected chi connectivity index (χ2v) is 9.09. The number of ether oxygens (including phenoxy) is 4. The molecule has 0 bridgehead atoms. The van der Waals surface area contributed by atoms with Gasteiger partial charge in [-0.1, -0.05) is 31.5 Å². The molecule has 0 spiro atoms. The van der Waals surface area contributed by atoms with Crippen LogP contribution in [0.4, 0.5) is 5.69 Å². The van der Waals surface area contributed by atoms with E-state index in [1.807, 2.05) is 6.07 Å². The number of anilines is 1. The number of aryl methyl sites for hydroxylation is 1. The van der Waals surface area contributed by atoms with Gasteiger partial charge in [0, 0.05) is 29.7 Å². The molecular formula is C27H31NO6. The van der Waals surface area contributed by atoms with E-state index in [-0.39, 0.29) is 11.2 Å². The van der Waals surface area contributed by atoms with E-state index < -0.39 is 5.91 Å². The molecule has 0 saturated carbocycles. The number of benzene rings is 2. The number of carbonyl (C=O) groups is 1. The maximum Gasteiger partial charge on any atom is 0.291 e. The van der Waals surface area contributed by atoms with E-state index in [2.05, 4.69) is 38.2 Å². The lowest BCUT2D eigenvalue weighted by molar-refractivity contribution is 0.0994. The molecule has 0 unspecified atom stereocenters. The summed E-state index contributed by atoms with van der Waals surface area (Å²) in [6.45, 7) is 7.27. The van der Waals surface area contributed by atoms with Crippen molar-refractivity contribution < 1.29 is 28.2 Å². The van der Waals surface area contributed by atoms with Gasteiger partial charge < -0.3 is 28.7 Å². The molecule has 3 aromatic rings. The molecule has 0 saturated heterocycles. The van der Waals surface area contributed by atoms with Crippen molar-refractivity contribution in [1.29, 1.82) is 0 Å². The molecular weight excluding hydrogens is 434 g/mol. The molecule has 7 heteroatoms. The van der Waals surface area contributed by atoms with Gasteiger partial charge in [0.15, 0.2) is 5.76 Å². The monoisotopic (exact) mass is 465 g/mol. The van der Waals surface area contributed by atoms with Crippen LogP contribution in [0.25, 0.3) is 0 Å². The van der Waals surface area contributed by atoms with Gasteiger partial charge >= 0.3 is 0 Å². The summed E-state index contributed by atoms with van der Waals surface area (Å²) in [6, 6.07) is 11.2. The zero-order chi connectivity index (χ0) is 24.5. The number of nitrogens with one attached hydrogen (secondary N) is 1. The molecule has 0 fully saturated rings. The highest BCUT2D eigenvalue weighted by Gasteiger charge is 2.31. The fourth-order valence-corrected chi connectivity index (χ4v) is 4.28. The molecule has 4 rings (SSSR count). The van der Waals surface area contributed by atoms with Crippen LogP contribution in [0.2, 0.25) is 0 Å². The van der Waals surface area contributed by atoms with Crippen LogP contribution >= 0.6 is 0 Å². The first-order valence-corrected chi connectivity index (χ1v) is 11.2. The molecule has 2 aromatic carbocycles. The van der Waals surface area contributed by atoms with E-state index in [4.69, 9.17) is 23.4 Å². The number of carbonyl (C=O) groups excluding carboxylic acids is 1. The normalized spacial score (nSPS) is 14.1. The Morgan fingerprint density at radius 3 is 2.38 bits per heavy atom. The Bertz CT molecular complexity index is 1180. The predicted molar refractivity (Wildman–Crippen MR) is 130 cm³/mol. The first-order chi connectivity index (χ1) is 16.2. The molecule has 1 amide bonds. The van der Waals surface area contributed by atoms with E-state index >= 15 is 0 Å². The van der Waals surface area contributed by atoms with Crippen molar-refractivity contribution in [1.82, 2.24) is 0 Å². The number of rotatable bonds is 7. The number of amides is 1. The lowest BCUT2D eigenvalue weighted by Crippen LogP contribution is -2.27. The molecule has 7 nitrogen and oxygen atoms in total. The van der Waals surface area contributed by atoms with Crippen LogP contribution in [0.3, 0.4) is 0 Å².